The van der Waals surface area contributed by atoms with Crippen LogP contribution in [0.1, 0.15) is 12.0 Å². The van der Waals surface area contributed by atoms with Gasteiger partial charge in [-0.25, -0.2) is 0 Å². The summed E-state index contributed by atoms with van der Waals surface area (Å²) in [5, 5.41) is 12.0. The molecule has 2 rings (SSSR count). The fourth-order valence-electron chi connectivity index (χ4n) is 1.76. The van der Waals surface area contributed by atoms with Crippen LogP contribution < -0.4 is 10.1 Å². The number of ether oxygens (including phenoxy) is 1. The Bertz CT molecular complexity index is 417. The summed E-state index contributed by atoms with van der Waals surface area (Å²) in [5.41, 5.74) is 1.99. The number of carboxylic acids is 1. The minimum atomic E-state index is -0.732. The van der Waals surface area contributed by atoms with Crippen LogP contribution in [-0.4, -0.2) is 24.2 Å². The van der Waals surface area contributed by atoms with E-state index in [1.165, 1.54) is 0 Å². The van der Waals surface area contributed by atoms with Gasteiger partial charge in [-0.3, -0.25) is 4.79 Å². The van der Waals surface area contributed by atoms with Gasteiger partial charge < -0.3 is 15.2 Å². The maximum Gasteiger partial charge on any atom is 0.308 e. The highest BCUT2D eigenvalue weighted by Crippen LogP contribution is 2.36. The molecule has 1 aromatic carbocycles. The molecule has 0 spiro atoms. The van der Waals surface area contributed by atoms with Crippen molar-refractivity contribution in [2.45, 2.75) is 19.4 Å². The van der Waals surface area contributed by atoms with E-state index >= 15 is 0 Å². The predicted octanol–water partition coefficient (Wildman–Crippen LogP) is 1.89. The van der Waals surface area contributed by atoms with Crippen LogP contribution in [0.15, 0.2) is 18.2 Å². The van der Waals surface area contributed by atoms with Crippen LogP contribution >= 0.6 is 0 Å². The van der Waals surface area contributed by atoms with Gasteiger partial charge in [0, 0.05) is 6.04 Å². The molecule has 0 amide bonds. The van der Waals surface area contributed by atoms with Crippen LogP contribution in [0.2, 0.25) is 0 Å². The van der Waals surface area contributed by atoms with E-state index in [1.807, 2.05) is 25.1 Å². The van der Waals surface area contributed by atoms with E-state index in [0.717, 1.165) is 17.0 Å². The van der Waals surface area contributed by atoms with E-state index in [4.69, 9.17) is 9.84 Å². The van der Waals surface area contributed by atoms with Crippen molar-refractivity contribution in [3.8, 4) is 5.75 Å². The van der Waals surface area contributed by atoms with Crippen LogP contribution in [0.4, 0.5) is 5.69 Å². The zero-order valence-corrected chi connectivity index (χ0v) is 9.36. The summed E-state index contributed by atoms with van der Waals surface area (Å²) in [6, 6.07) is 5.85. The molecule has 1 aliphatic carbocycles. The Hall–Kier alpha value is -1.71. The molecule has 0 bridgehead atoms. The topological polar surface area (TPSA) is 58.6 Å². The Kier molecular flexibility index (Phi) is 2.73. The highest BCUT2D eigenvalue weighted by atomic mass is 16.5. The van der Waals surface area contributed by atoms with Gasteiger partial charge in [0.15, 0.2) is 0 Å². The fraction of sp³-hybridized carbons (Fsp3) is 0.417. The lowest BCUT2D eigenvalue weighted by molar-refractivity contribution is -0.138. The normalized spacial score (nSPS) is 22.6. The van der Waals surface area contributed by atoms with Gasteiger partial charge in [-0.05, 0) is 31.0 Å². The number of rotatable bonds is 4. The Morgan fingerprint density at radius 2 is 2.31 bits per heavy atom. The van der Waals surface area contributed by atoms with Crippen molar-refractivity contribution in [3.05, 3.63) is 23.8 Å². The van der Waals surface area contributed by atoms with Crippen molar-refractivity contribution in [1.29, 1.82) is 0 Å². The molecule has 2 unspecified atom stereocenters. The van der Waals surface area contributed by atoms with E-state index in [2.05, 4.69) is 5.32 Å². The zero-order chi connectivity index (χ0) is 11.7. The van der Waals surface area contributed by atoms with Gasteiger partial charge in [0.2, 0.25) is 0 Å². The van der Waals surface area contributed by atoms with Crippen molar-refractivity contribution in [2.24, 2.45) is 5.92 Å². The molecule has 1 aliphatic rings. The van der Waals surface area contributed by atoms with Gasteiger partial charge in [0.1, 0.15) is 5.75 Å². The summed E-state index contributed by atoms with van der Waals surface area (Å²) in [5.74, 6) is -0.240. The van der Waals surface area contributed by atoms with Gasteiger partial charge in [0.05, 0.1) is 18.7 Å². The number of carboxylic acid groups (broad SMARTS) is 1. The molecule has 4 heteroatoms. The van der Waals surface area contributed by atoms with E-state index in [0.29, 0.717) is 6.42 Å². The standard InChI is InChI=1S/C12H15NO3/c1-7-3-4-11(16-2)10(5-7)13-9-6-8(9)12(14)15/h3-5,8-9,13H,6H2,1-2H3,(H,14,15). The lowest BCUT2D eigenvalue weighted by atomic mass is 10.2. The van der Waals surface area contributed by atoms with Crippen LogP contribution in [-0.2, 0) is 4.79 Å². The molecule has 1 saturated carbocycles. The quantitative estimate of drug-likeness (QED) is 0.815. The third-order valence-electron chi connectivity index (χ3n) is 2.80. The first-order valence-electron chi connectivity index (χ1n) is 5.26. The Balaban J connectivity index is 2.09. The average Bonchev–Trinajstić information content (AvgIpc) is 2.98. The number of anilines is 1. The average molecular weight is 221 g/mol. The molecule has 0 heterocycles. The second kappa shape index (κ2) is 4.04. The molecule has 1 aromatic rings. The van der Waals surface area contributed by atoms with Gasteiger partial charge in [0.25, 0.3) is 0 Å². The first-order valence-corrected chi connectivity index (χ1v) is 5.26. The van der Waals surface area contributed by atoms with Gasteiger partial charge in [-0.15, -0.1) is 0 Å². The number of benzene rings is 1. The number of nitrogens with one attached hydrogen (secondary N) is 1. The summed E-state index contributed by atoms with van der Waals surface area (Å²) in [4.78, 5) is 10.7. The molecule has 0 aliphatic heterocycles. The highest BCUT2D eigenvalue weighted by Gasteiger charge is 2.43. The first kappa shape index (κ1) is 10.8. The van der Waals surface area contributed by atoms with Crippen molar-refractivity contribution in [3.63, 3.8) is 0 Å². The minimum absolute atomic E-state index is 0.0354. The molecular weight excluding hydrogens is 206 g/mol. The summed E-state index contributed by atoms with van der Waals surface area (Å²) in [7, 11) is 1.61. The minimum Gasteiger partial charge on any atom is -0.495 e. The number of hydrogen-bond acceptors (Lipinski definition) is 3. The molecule has 86 valence electrons. The predicted molar refractivity (Wildman–Crippen MR) is 60.9 cm³/mol. The van der Waals surface area contributed by atoms with Crippen LogP contribution in [0.25, 0.3) is 0 Å². The number of aryl methyl sites for hydroxylation is 1. The molecule has 1 fully saturated rings. The lowest BCUT2D eigenvalue weighted by Gasteiger charge is -2.11. The molecule has 0 radical (unpaired) electrons. The number of hydrogen-bond donors (Lipinski definition) is 2. The largest absolute Gasteiger partial charge is 0.495 e. The zero-order valence-electron chi connectivity index (χ0n) is 9.36. The second-order valence-electron chi connectivity index (χ2n) is 4.14. The van der Waals surface area contributed by atoms with Crippen molar-refractivity contribution in [2.75, 3.05) is 12.4 Å². The fourth-order valence-corrected chi connectivity index (χ4v) is 1.76. The van der Waals surface area contributed by atoms with Crippen LogP contribution in [0, 0.1) is 12.8 Å². The van der Waals surface area contributed by atoms with Gasteiger partial charge >= 0.3 is 5.97 Å². The molecule has 4 nitrogen and oxygen atoms in total. The Morgan fingerprint density at radius 3 is 2.88 bits per heavy atom. The number of carbonyl (C=O) groups is 1. The van der Waals surface area contributed by atoms with Gasteiger partial charge in [-0.1, -0.05) is 6.07 Å². The molecule has 0 saturated heterocycles. The molecule has 0 aromatic heterocycles. The Labute approximate surface area is 94.2 Å². The molecule has 16 heavy (non-hydrogen) atoms. The first-order chi connectivity index (χ1) is 7.61. The maximum atomic E-state index is 10.7. The Morgan fingerprint density at radius 1 is 1.56 bits per heavy atom. The summed E-state index contributed by atoms with van der Waals surface area (Å²) >= 11 is 0. The van der Waals surface area contributed by atoms with Crippen molar-refractivity contribution in [1.82, 2.24) is 0 Å². The van der Waals surface area contributed by atoms with Crippen LogP contribution in [0.5, 0.6) is 5.75 Å². The van der Waals surface area contributed by atoms with E-state index in [9.17, 15) is 4.79 Å². The number of aliphatic carboxylic acids is 1. The monoisotopic (exact) mass is 221 g/mol. The second-order valence-corrected chi connectivity index (χ2v) is 4.14. The molecule has 2 atom stereocenters. The molecular formula is C12H15NO3. The van der Waals surface area contributed by atoms with Crippen LogP contribution in [0.3, 0.4) is 0 Å². The van der Waals surface area contributed by atoms with Crippen molar-refractivity contribution >= 4 is 11.7 Å². The van der Waals surface area contributed by atoms with Gasteiger partial charge in [-0.2, -0.15) is 0 Å². The van der Waals surface area contributed by atoms with E-state index in [-0.39, 0.29) is 12.0 Å². The number of methoxy groups -OCH3 is 1. The lowest BCUT2D eigenvalue weighted by Crippen LogP contribution is -2.10. The summed E-state index contributed by atoms with van der Waals surface area (Å²) in [6.07, 6.45) is 0.687. The highest BCUT2D eigenvalue weighted by molar-refractivity contribution is 5.76. The smallest absolute Gasteiger partial charge is 0.308 e. The van der Waals surface area contributed by atoms with E-state index in [1.54, 1.807) is 7.11 Å². The maximum absolute atomic E-state index is 10.7. The van der Waals surface area contributed by atoms with E-state index < -0.39 is 5.97 Å². The van der Waals surface area contributed by atoms with Crippen molar-refractivity contribution < 1.29 is 14.6 Å². The summed E-state index contributed by atoms with van der Waals surface area (Å²) in [6.45, 7) is 1.99. The SMILES string of the molecule is COc1ccc(C)cc1NC1CC1C(=O)O. The third kappa shape index (κ3) is 2.10. The summed E-state index contributed by atoms with van der Waals surface area (Å²) < 4.78 is 5.21. The third-order valence-corrected chi connectivity index (χ3v) is 2.80. The molecule has 2 N–H and O–H groups in total.